The van der Waals surface area contributed by atoms with Crippen molar-refractivity contribution in [1.29, 1.82) is 5.26 Å². The van der Waals surface area contributed by atoms with Gasteiger partial charge in [-0.15, -0.1) is 0 Å². The van der Waals surface area contributed by atoms with E-state index in [1.807, 2.05) is 6.07 Å². The number of nitriles is 1. The van der Waals surface area contributed by atoms with Crippen LogP contribution in [0.15, 0.2) is 36.5 Å². The number of alkyl halides is 3. The van der Waals surface area contributed by atoms with Crippen LogP contribution in [0.3, 0.4) is 0 Å². The molecular weight excluding hydrogens is 295 g/mol. The van der Waals surface area contributed by atoms with Crippen LogP contribution in [-0.4, -0.2) is 12.1 Å². The first-order valence-electron chi connectivity index (χ1n) is 6.28. The van der Waals surface area contributed by atoms with Gasteiger partial charge in [0.05, 0.1) is 18.2 Å². The maximum Gasteiger partial charge on any atom is 0.416 e. The molecule has 0 aliphatic rings. The Morgan fingerprint density at radius 1 is 1.27 bits per heavy atom. The van der Waals surface area contributed by atoms with Gasteiger partial charge >= 0.3 is 6.18 Å². The summed E-state index contributed by atoms with van der Waals surface area (Å²) in [7, 11) is 1.31. The van der Waals surface area contributed by atoms with Crippen LogP contribution in [-0.2, 0) is 12.7 Å². The molecule has 0 unspecified atom stereocenters. The Hall–Kier alpha value is -2.75. The van der Waals surface area contributed by atoms with E-state index in [9.17, 15) is 13.2 Å². The lowest BCUT2D eigenvalue weighted by Crippen LogP contribution is -2.12. The molecule has 0 saturated heterocycles. The van der Waals surface area contributed by atoms with E-state index < -0.39 is 11.7 Å². The van der Waals surface area contributed by atoms with Crippen molar-refractivity contribution in [2.45, 2.75) is 12.7 Å². The monoisotopic (exact) mass is 307 g/mol. The molecule has 0 bridgehead atoms. The molecule has 0 atom stereocenters. The van der Waals surface area contributed by atoms with Crippen molar-refractivity contribution in [3.05, 3.63) is 53.2 Å². The summed E-state index contributed by atoms with van der Waals surface area (Å²) in [6.45, 7) is -0.0439. The second kappa shape index (κ2) is 6.35. The van der Waals surface area contributed by atoms with E-state index in [1.165, 1.54) is 37.6 Å². The van der Waals surface area contributed by atoms with Gasteiger partial charge in [0.2, 0.25) is 0 Å². The quantitative estimate of drug-likeness (QED) is 0.937. The molecule has 1 N–H and O–H groups in total. The molecule has 4 nitrogen and oxygen atoms in total. The SMILES string of the molecule is COc1ccc(CNc2ccc(C#N)cn2)c(C(F)(F)F)c1. The van der Waals surface area contributed by atoms with E-state index >= 15 is 0 Å². The minimum absolute atomic E-state index is 0.0439. The summed E-state index contributed by atoms with van der Waals surface area (Å²) in [5.41, 5.74) is -0.293. The fourth-order valence-corrected chi connectivity index (χ4v) is 1.85. The van der Waals surface area contributed by atoms with Crippen LogP contribution in [0.2, 0.25) is 0 Å². The minimum atomic E-state index is -4.47. The first-order valence-corrected chi connectivity index (χ1v) is 6.28. The number of anilines is 1. The Balaban J connectivity index is 2.20. The second-order valence-electron chi connectivity index (χ2n) is 4.42. The predicted molar refractivity (Wildman–Crippen MR) is 74.3 cm³/mol. The van der Waals surface area contributed by atoms with E-state index in [4.69, 9.17) is 10.00 Å². The number of halogens is 3. The molecule has 0 amide bonds. The summed E-state index contributed by atoms with van der Waals surface area (Å²) in [4.78, 5) is 3.95. The van der Waals surface area contributed by atoms with Gasteiger partial charge in [0.1, 0.15) is 17.6 Å². The Morgan fingerprint density at radius 2 is 2.05 bits per heavy atom. The number of hydrogen-bond donors (Lipinski definition) is 1. The molecule has 1 heterocycles. The van der Waals surface area contributed by atoms with E-state index in [0.29, 0.717) is 11.4 Å². The van der Waals surface area contributed by atoms with Crippen LogP contribution in [0, 0.1) is 11.3 Å². The van der Waals surface area contributed by atoms with Gasteiger partial charge in [0.15, 0.2) is 0 Å². The van der Waals surface area contributed by atoms with E-state index in [1.54, 1.807) is 0 Å². The highest BCUT2D eigenvalue weighted by Crippen LogP contribution is 2.34. The molecule has 0 radical (unpaired) electrons. The third kappa shape index (κ3) is 3.67. The molecule has 1 aromatic heterocycles. The summed E-state index contributed by atoms with van der Waals surface area (Å²) in [6.07, 6.45) is -3.12. The highest BCUT2D eigenvalue weighted by atomic mass is 19.4. The first-order chi connectivity index (χ1) is 10.4. The summed E-state index contributed by atoms with van der Waals surface area (Å²) < 4.78 is 44.0. The van der Waals surface area contributed by atoms with Gasteiger partial charge in [-0.05, 0) is 29.8 Å². The van der Waals surface area contributed by atoms with Crippen molar-refractivity contribution >= 4 is 5.82 Å². The zero-order chi connectivity index (χ0) is 16.2. The molecule has 0 aliphatic carbocycles. The van der Waals surface area contributed by atoms with Crippen molar-refractivity contribution in [2.24, 2.45) is 0 Å². The lowest BCUT2D eigenvalue weighted by Gasteiger charge is -2.15. The molecule has 1 aromatic carbocycles. The number of benzene rings is 1. The van der Waals surface area contributed by atoms with E-state index in [0.717, 1.165) is 6.07 Å². The highest BCUT2D eigenvalue weighted by molar-refractivity contribution is 5.43. The largest absolute Gasteiger partial charge is 0.497 e. The van der Waals surface area contributed by atoms with Crippen molar-refractivity contribution in [1.82, 2.24) is 4.98 Å². The predicted octanol–water partition coefficient (Wildman–Crippen LogP) is 3.59. The minimum Gasteiger partial charge on any atom is -0.497 e. The summed E-state index contributed by atoms with van der Waals surface area (Å²) in [5.74, 6) is 0.538. The Morgan fingerprint density at radius 3 is 2.59 bits per heavy atom. The molecular formula is C15H12F3N3O. The second-order valence-corrected chi connectivity index (χ2v) is 4.42. The van der Waals surface area contributed by atoms with Crippen molar-refractivity contribution in [2.75, 3.05) is 12.4 Å². The molecule has 0 aliphatic heterocycles. The van der Waals surface area contributed by atoms with Gasteiger partial charge in [-0.3, -0.25) is 0 Å². The summed E-state index contributed by atoms with van der Waals surface area (Å²) >= 11 is 0. The molecule has 0 spiro atoms. The first kappa shape index (κ1) is 15.6. The van der Waals surface area contributed by atoms with Crippen molar-refractivity contribution in [3.8, 4) is 11.8 Å². The van der Waals surface area contributed by atoms with Crippen molar-refractivity contribution < 1.29 is 17.9 Å². The van der Waals surface area contributed by atoms with E-state index in [2.05, 4.69) is 10.3 Å². The van der Waals surface area contributed by atoms with E-state index in [-0.39, 0.29) is 17.9 Å². The number of hydrogen-bond acceptors (Lipinski definition) is 4. The number of nitrogens with zero attached hydrogens (tertiary/aromatic N) is 2. The van der Waals surface area contributed by atoms with Gasteiger partial charge < -0.3 is 10.1 Å². The molecule has 0 saturated carbocycles. The average Bonchev–Trinajstić information content (AvgIpc) is 2.52. The van der Waals surface area contributed by atoms with Gasteiger partial charge in [0, 0.05) is 12.7 Å². The highest BCUT2D eigenvalue weighted by Gasteiger charge is 2.33. The zero-order valence-corrected chi connectivity index (χ0v) is 11.6. The number of nitrogens with one attached hydrogen (secondary N) is 1. The zero-order valence-electron chi connectivity index (χ0n) is 11.6. The van der Waals surface area contributed by atoms with Crippen LogP contribution >= 0.6 is 0 Å². The number of aromatic nitrogens is 1. The van der Waals surface area contributed by atoms with Crippen LogP contribution in [0.1, 0.15) is 16.7 Å². The molecule has 7 heteroatoms. The third-order valence-corrected chi connectivity index (χ3v) is 2.97. The number of pyridine rings is 1. The average molecular weight is 307 g/mol. The normalized spacial score (nSPS) is 10.9. The smallest absolute Gasteiger partial charge is 0.416 e. The molecule has 114 valence electrons. The maximum absolute atomic E-state index is 13.1. The number of methoxy groups -OCH3 is 1. The Labute approximate surface area is 125 Å². The topological polar surface area (TPSA) is 57.9 Å². The number of ether oxygens (including phenoxy) is 1. The fraction of sp³-hybridized carbons (Fsp3) is 0.200. The van der Waals surface area contributed by atoms with Crippen LogP contribution in [0.25, 0.3) is 0 Å². The Bertz CT molecular complexity index is 691. The third-order valence-electron chi connectivity index (χ3n) is 2.97. The van der Waals surface area contributed by atoms with Gasteiger partial charge in [-0.25, -0.2) is 4.98 Å². The maximum atomic E-state index is 13.1. The summed E-state index contributed by atoms with van der Waals surface area (Å²) in [6, 6.07) is 8.78. The molecule has 22 heavy (non-hydrogen) atoms. The summed E-state index contributed by atoms with van der Waals surface area (Å²) in [5, 5.41) is 11.5. The lowest BCUT2D eigenvalue weighted by atomic mass is 10.1. The Kier molecular flexibility index (Phi) is 4.51. The van der Waals surface area contributed by atoms with Crippen molar-refractivity contribution in [3.63, 3.8) is 0 Å². The fourth-order valence-electron chi connectivity index (χ4n) is 1.85. The lowest BCUT2D eigenvalue weighted by molar-refractivity contribution is -0.138. The van der Waals surface area contributed by atoms with Gasteiger partial charge in [0.25, 0.3) is 0 Å². The molecule has 0 fully saturated rings. The standard InChI is InChI=1S/C15H12F3N3O/c1-22-12-4-3-11(13(6-12)15(16,17)18)9-21-14-5-2-10(7-19)8-20-14/h2-6,8H,9H2,1H3,(H,20,21). The van der Waals surface area contributed by atoms with Crippen LogP contribution in [0.4, 0.5) is 19.0 Å². The van der Waals surface area contributed by atoms with Crippen LogP contribution < -0.4 is 10.1 Å². The number of rotatable bonds is 4. The van der Waals surface area contributed by atoms with Gasteiger partial charge in [-0.2, -0.15) is 18.4 Å². The molecule has 2 aromatic rings. The van der Waals surface area contributed by atoms with Crippen LogP contribution in [0.5, 0.6) is 5.75 Å². The van der Waals surface area contributed by atoms with Gasteiger partial charge in [-0.1, -0.05) is 6.07 Å². The molecule has 2 rings (SSSR count).